The molecular formula is C55H31N3S2. The van der Waals surface area contributed by atoms with E-state index in [0.29, 0.717) is 5.56 Å². The van der Waals surface area contributed by atoms with Crippen molar-refractivity contribution in [1.29, 1.82) is 5.26 Å². The molecule has 0 saturated carbocycles. The summed E-state index contributed by atoms with van der Waals surface area (Å²) >= 11 is 3.64. The number of nitrogens with zero attached hydrogens (tertiary/aromatic N) is 3. The molecule has 0 amide bonds. The second-order valence-corrected chi connectivity index (χ2v) is 17.7. The summed E-state index contributed by atoms with van der Waals surface area (Å²) in [6.45, 7) is 0. The lowest BCUT2D eigenvalue weighted by Crippen LogP contribution is -2.07. The van der Waals surface area contributed by atoms with Crippen molar-refractivity contribution in [2.45, 2.75) is 0 Å². The number of thiophene rings is 2. The van der Waals surface area contributed by atoms with Gasteiger partial charge in [0.15, 0.2) is 0 Å². The zero-order valence-corrected chi connectivity index (χ0v) is 33.7. The van der Waals surface area contributed by atoms with Gasteiger partial charge in [0.05, 0.1) is 39.0 Å². The largest absolute Gasteiger partial charge is 0.309 e. The molecular weight excluding hydrogens is 767 g/mol. The van der Waals surface area contributed by atoms with Crippen molar-refractivity contribution in [2.75, 3.05) is 0 Å². The first-order valence-electron chi connectivity index (χ1n) is 20.1. The lowest BCUT2D eigenvalue weighted by Gasteiger charge is -2.23. The molecule has 13 rings (SSSR count). The van der Waals surface area contributed by atoms with Crippen molar-refractivity contribution >= 4 is 107 Å². The third-order valence-electron chi connectivity index (χ3n) is 12.4. The lowest BCUT2D eigenvalue weighted by atomic mass is 9.87. The Balaban J connectivity index is 1.27. The van der Waals surface area contributed by atoms with E-state index in [9.17, 15) is 5.26 Å². The third-order valence-corrected chi connectivity index (χ3v) is 14.7. The molecule has 60 heavy (non-hydrogen) atoms. The highest BCUT2D eigenvalue weighted by molar-refractivity contribution is 7.26. The molecule has 0 aliphatic carbocycles. The molecule has 0 radical (unpaired) electrons. The molecule has 0 unspecified atom stereocenters. The Bertz CT molecular complexity index is 3870. The molecule has 0 N–H and O–H groups in total. The number of rotatable bonds is 4. The number of hydrogen-bond acceptors (Lipinski definition) is 3. The number of nitriles is 1. The Labute approximate surface area is 352 Å². The standard InChI is InChI=1S/C55H31N3S2/c56-32-43-48(57-44-19-7-1-13-35(44)36-14-2-8-20-45(36)57)31-49(58-46-21-9-3-15-37(46)38-16-4-10-22-47(38)58)55(34-26-28-53-42(30-34)40-18-6-12-24-51(40)60-53)54(43)33-25-27-52-41(29-33)39-17-5-11-23-50(39)59-52/h1-31H. The molecule has 0 atom stereocenters. The highest BCUT2D eigenvalue weighted by atomic mass is 32.1. The van der Waals surface area contributed by atoms with E-state index in [2.05, 4.69) is 203 Å². The van der Waals surface area contributed by atoms with Crippen molar-refractivity contribution in [3.05, 3.63) is 194 Å². The van der Waals surface area contributed by atoms with Crippen LogP contribution in [-0.4, -0.2) is 9.13 Å². The smallest absolute Gasteiger partial charge is 0.102 e. The fourth-order valence-electron chi connectivity index (χ4n) is 9.83. The normalized spacial score (nSPS) is 12.0. The predicted molar refractivity (Wildman–Crippen MR) is 256 cm³/mol. The summed E-state index contributed by atoms with van der Waals surface area (Å²) < 4.78 is 9.76. The van der Waals surface area contributed by atoms with E-state index >= 15 is 0 Å². The van der Waals surface area contributed by atoms with Crippen molar-refractivity contribution in [1.82, 2.24) is 9.13 Å². The molecule has 4 aromatic heterocycles. The SMILES string of the molecule is N#Cc1c(-n2c3ccccc3c3ccccc32)cc(-n2c3ccccc3c3ccccc32)c(-c2ccc3sc4ccccc4c3c2)c1-c1ccc2sc3ccccc3c2c1. The molecule has 0 saturated heterocycles. The summed E-state index contributed by atoms with van der Waals surface area (Å²) in [4.78, 5) is 0. The van der Waals surface area contributed by atoms with Gasteiger partial charge in [0.1, 0.15) is 6.07 Å². The number of benzene rings is 9. The maximum Gasteiger partial charge on any atom is 0.102 e. The van der Waals surface area contributed by atoms with Crippen LogP contribution in [0.1, 0.15) is 5.56 Å². The Morgan fingerprint density at radius 1 is 0.333 bits per heavy atom. The van der Waals surface area contributed by atoms with E-state index in [0.717, 1.165) is 66.5 Å². The Morgan fingerprint density at radius 3 is 1.15 bits per heavy atom. The topological polar surface area (TPSA) is 33.6 Å². The Hall–Kier alpha value is -7.49. The van der Waals surface area contributed by atoms with Gasteiger partial charge < -0.3 is 9.13 Å². The van der Waals surface area contributed by atoms with Crippen LogP contribution in [0, 0.1) is 11.3 Å². The van der Waals surface area contributed by atoms with Crippen LogP contribution in [0.15, 0.2) is 188 Å². The van der Waals surface area contributed by atoms with Gasteiger partial charge in [-0.3, -0.25) is 0 Å². The minimum absolute atomic E-state index is 0.634. The lowest BCUT2D eigenvalue weighted by molar-refractivity contribution is 1.13. The highest BCUT2D eigenvalue weighted by Crippen LogP contribution is 2.49. The molecule has 0 aliphatic heterocycles. The van der Waals surface area contributed by atoms with Gasteiger partial charge >= 0.3 is 0 Å². The van der Waals surface area contributed by atoms with E-state index in [-0.39, 0.29) is 0 Å². The van der Waals surface area contributed by atoms with Gasteiger partial charge in [-0.25, -0.2) is 0 Å². The third kappa shape index (κ3) is 4.69. The minimum atomic E-state index is 0.634. The Morgan fingerprint density at radius 2 is 0.700 bits per heavy atom. The van der Waals surface area contributed by atoms with Crippen LogP contribution in [0.25, 0.3) is 118 Å². The molecule has 0 bridgehead atoms. The summed E-state index contributed by atoms with van der Waals surface area (Å²) in [7, 11) is 0. The maximum atomic E-state index is 11.8. The molecule has 0 fully saturated rings. The van der Waals surface area contributed by atoms with Crippen molar-refractivity contribution in [3.8, 4) is 39.7 Å². The number of hydrogen-bond donors (Lipinski definition) is 0. The first-order chi connectivity index (χ1) is 29.7. The molecule has 4 heterocycles. The quantitative estimate of drug-likeness (QED) is 0.175. The fourth-order valence-corrected chi connectivity index (χ4v) is 12.0. The van der Waals surface area contributed by atoms with Crippen LogP contribution in [0.2, 0.25) is 0 Å². The minimum Gasteiger partial charge on any atom is -0.309 e. The van der Waals surface area contributed by atoms with E-state index in [1.165, 1.54) is 51.1 Å². The number of fused-ring (bicyclic) bond motifs is 12. The first kappa shape index (κ1) is 33.5. The van der Waals surface area contributed by atoms with Crippen LogP contribution in [0.5, 0.6) is 0 Å². The monoisotopic (exact) mass is 797 g/mol. The summed E-state index contributed by atoms with van der Waals surface area (Å²) in [6, 6.07) is 70.8. The van der Waals surface area contributed by atoms with E-state index < -0.39 is 0 Å². The average molecular weight is 798 g/mol. The summed E-state index contributed by atoms with van der Waals surface area (Å²) in [6.07, 6.45) is 0. The predicted octanol–water partition coefficient (Wildman–Crippen LogP) is 15.8. The van der Waals surface area contributed by atoms with Crippen LogP contribution in [0.4, 0.5) is 0 Å². The van der Waals surface area contributed by atoms with Gasteiger partial charge in [-0.1, -0.05) is 121 Å². The molecule has 9 aromatic carbocycles. The zero-order chi connectivity index (χ0) is 39.5. The van der Waals surface area contributed by atoms with Crippen LogP contribution in [0.3, 0.4) is 0 Å². The van der Waals surface area contributed by atoms with Crippen molar-refractivity contribution in [2.24, 2.45) is 0 Å². The average Bonchev–Trinajstić information content (AvgIpc) is 4.06. The van der Waals surface area contributed by atoms with Gasteiger partial charge in [-0.05, 0) is 77.9 Å². The van der Waals surface area contributed by atoms with Gasteiger partial charge in [0.25, 0.3) is 0 Å². The molecule has 0 spiro atoms. The van der Waals surface area contributed by atoms with Crippen molar-refractivity contribution < 1.29 is 0 Å². The van der Waals surface area contributed by atoms with Crippen molar-refractivity contribution in [3.63, 3.8) is 0 Å². The molecule has 278 valence electrons. The highest BCUT2D eigenvalue weighted by Gasteiger charge is 2.27. The van der Waals surface area contributed by atoms with Gasteiger partial charge in [0, 0.05) is 73.0 Å². The molecule has 3 nitrogen and oxygen atoms in total. The number of aromatic nitrogens is 2. The summed E-state index contributed by atoms with van der Waals surface area (Å²) in [5, 5.41) is 21.4. The van der Waals surface area contributed by atoms with Gasteiger partial charge in [-0.15, -0.1) is 22.7 Å². The van der Waals surface area contributed by atoms with E-state index in [1.54, 1.807) is 0 Å². The van der Waals surface area contributed by atoms with Crippen LogP contribution < -0.4 is 0 Å². The maximum absolute atomic E-state index is 11.8. The first-order valence-corrected chi connectivity index (χ1v) is 21.8. The van der Waals surface area contributed by atoms with Gasteiger partial charge in [-0.2, -0.15) is 5.26 Å². The Kier molecular flexibility index (Phi) is 7.12. The summed E-state index contributed by atoms with van der Waals surface area (Å²) in [5.41, 5.74) is 10.9. The summed E-state index contributed by atoms with van der Waals surface area (Å²) in [5.74, 6) is 0. The second-order valence-electron chi connectivity index (χ2n) is 15.5. The molecule has 0 aliphatic rings. The van der Waals surface area contributed by atoms with Gasteiger partial charge in [0.2, 0.25) is 0 Å². The fraction of sp³-hybridized carbons (Fsp3) is 0. The second kappa shape index (κ2) is 12.8. The molecule has 13 aromatic rings. The van der Waals surface area contributed by atoms with Crippen LogP contribution >= 0.6 is 22.7 Å². The number of para-hydroxylation sites is 4. The van der Waals surface area contributed by atoms with Crippen LogP contribution in [-0.2, 0) is 0 Å². The zero-order valence-electron chi connectivity index (χ0n) is 32.1. The van der Waals surface area contributed by atoms with E-state index in [1.807, 2.05) is 22.7 Å². The van der Waals surface area contributed by atoms with E-state index in [4.69, 9.17) is 0 Å². The molecule has 5 heteroatoms.